The molecule has 24 heavy (non-hydrogen) atoms. The van der Waals surface area contributed by atoms with Crippen molar-refractivity contribution in [3.05, 3.63) is 88.0 Å². The molecule has 6 nitrogen and oxygen atoms in total. The first kappa shape index (κ1) is 17.7. The molecule has 126 valence electrons. The van der Waals surface area contributed by atoms with Gasteiger partial charge < -0.3 is 14.7 Å². The number of aliphatic hydroxyl groups excluding tert-OH is 1. The normalized spacial score (nSPS) is 13.5. The van der Waals surface area contributed by atoms with Gasteiger partial charge in [-0.1, -0.05) is 72.8 Å². The first-order chi connectivity index (χ1) is 11.7. The van der Waals surface area contributed by atoms with Crippen LogP contribution in [-0.4, -0.2) is 29.5 Å². The van der Waals surface area contributed by atoms with Crippen molar-refractivity contribution in [1.82, 2.24) is 0 Å². The van der Waals surface area contributed by atoms with E-state index in [-0.39, 0.29) is 13.2 Å². The molecule has 0 amide bonds. The summed E-state index contributed by atoms with van der Waals surface area (Å²) >= 11 is 0. The molecule has 0 fully saturated rings. The maximum Gasteiger partial charge on any atom is 0.295 e. The lowest BCUT2D eigenvalue weighted by Crippen LogP contribution is -2.28. The van der Waals surface area contributed by atoms with Crippen LogP contribution < -0.4 is 0 Å². The average Bonchev–Trinajstić information content (AvgIpc) is 2.60. The van der Waals surface area contributed by atoms with Gasteiger partial charge in [-0.05, 0) is 11.1 Å². The zero-order valence-corrected chi connectivity index (χ0v) is 13.0. The fraction of sp³-hybridized carbons (Fsp3) is 0.222. The molecule has 2 aromatic carbocycles. The lowest BCUT2D eigenvalue weighted by Gasteiger charge is -2.21. The number of ether oxygens (including phenoxy) is 1. The highest BCUT2D eigenvalue weighted by Gasteiger charge is 2.25. The molecule has 0 saturated carbocycles. The minimum Gasteiger partial charge on any atom is -0.388 e. The molecule has 0 aliphatic carbocycles. The van der Waals surface area contributed by atoms with Crippen LogP contribution in [0.4, 0.5) is 0 Å². The van der Waals surface area contributed by atoms with E-state index < -0.39 is 17.3 Å². The third kappa shape index (κ3) is 5.83. The van der Waals surface area contributed by atoms with Gasteiger partial charge >= 0.3 is 0 Å². The smallest absolute Gasteiger partial charge is 0.295 e. The van der Waals surface area contributed by atoms with Gasteiger partial charge in [-0.25, -0.2) is 0 Å². The van der Waals surface area contributed by atoms with Crippen LogP contribution in [0.2, 0.25) is 0 Å². The molecule has 0 spiro atoms. The van der Waals surface area contributed by atoms with Gasteiger partial charge in [0.15, 0.2) is 6.10 Å². The van der Waals surface area contributed by atoms with Gasteiger partial charge in [0.05, 0.1) is 13.2 Å². The van der Waals surface area contributed by atoms with Crippen molar-refractivity contribution in [2.24, 2.45) is 0 Å². The summed E-state index contributed by atoms with van der Waals surface area (Å²) in [5.41, 5.74) is 1.56. The Hall–Kier alpha value is -2.70. The van der Waals surface area contributed by atoms with E-state index in [0.717, 1.165) is 5.56 Å². The van der Waals surface area contributed by atoms with Crippen LogP contribution in [0, 0.1) is 10.1 Å². The zero-order valence-electron chi connectivity index (χ0n) is 13.0. The number of aliphatic hydroxyl groups is 1. The van der Waals surface area contributed by atoms with Gasteiger partial charge in [-0.3, -0.25) is 0 Å². The Morgan fingerprint density at radius 2 is 1.71 bits per heavy atom. The molecule has 0 unspecified atom stereocenters. The van der Waals surface area contributed by atoms with Crippen molar-refractivity contribution in [2.45, 2.75) is 12.2 Å². The van der Waals surface area contributed by atoms with Gasteiger partial charge in [-0.15, -0.1) is 10.1 Å². The second kappa shape index (κ2) is 9.44. The highest BCUT2D eigenvalue weighted by atomic mass is 17.0. The third-order valence-corrected chi connectivity index (χ3v) is 3.29. The van der Waals surface area contributed by atoms with Crippen LogP contribution in [0.15, 0.2) is 66.7 Å². The lowest BCUT2D eigenvalue weighted by molar-refractivity contribution is -0.773. The van der Waals surface area contributed by atoms with E-state index in [1.54, 1.807) is 30.3 Å². The Kier molecular flexibility index (Phi) is 6.94. The van der Waals surface area contributed by atoms with Crippen molar-refractivity contribution >= 4 is 6.08 Å². The van der Waals surface area contributed by atoms with E-state index >= 15 is 0 Å². The van der Waals surface area contributed by atoms with Gasteiger partial charge in [0.1, 0.15) is 6.10 Å². The molecule has 2 atom stereocenters. The van der Waals surface area contributed by atoms with Crippen LogP contribution in [-0.2, 0) is 9.57 Å². The first-order valence-electron chi connectivity index (χ1n) is 7.50. The molecule has 6 heteroatoms. The number of hydrogen-bond acceptors (Lipinski definition) is 5. The van der Waals surface area contributed by atoms with Crippen molar-refractivity contribution < 1.29 is 19.8 Å². The fourth-order valence-corrected chi connectivity index (χ4v) is 2.18. The largest absolute Gasteiger partial charge is 0.388 e. The highest BCUT2D eigenvalue weighted by Crippen LogP contribution is 2.21. The number of rotatable bonds is 9. The predicted octanol–water partition coefficient (Wildman–Crippen LogP) is 3.03. The molecule has 0 bridgehead atoms. The Bertz CT molecular complexity index is 645. The van der Waals surface area contributed by atoms with E-state index in [1.807, 2.05) is 42.5 Å². The summed E-state index contributed by atoms with van der Waals surface area (Å²) in [6.07, 6.45) is 1.48. The SMILES string of the molecule is O=[N+]([O-])O[C@H](c1ccccc1)[C@@H](O)COC/C=C/c1ccccc1. The van der Waals surface area contributed by atoms with Crippen molar-refractivity contribution in [3.63, 3.8) is 0 Å². The summed E-state index contributed by atoms with van der Waals surface area (Å²) in [6.45, 7) is 0.207. The monoisotopic (exact) mass is 329 g/mol. The Morgan fingerprint density at radius 1 is 1.08 bits per heavy atom. The fourth-order valence-electron chi connectivity index (χ4n) is 2.18. The van der Waals surface area contributed by atoms with Crippen LogP contribution in [0.3, 0.4) is 0 Å². The van der Waals surface area contributed by atoms with Crippen molar-refractivity contribution in [3.8, 4) is 0 Å². The van der Waals surface area contributed by atoms with Gasteiger partial charge in [0.25, 0.3) is 5.09 Å². The molecular weight excluding hydrogens is 310 g/mol. The zero-order chi connectivity index (χ0) is 17.2. The quantitative estimate of drug-likeness (QED) is 0.434. The highest BCUT2D eigenvalue weighted by molar-refractivity contribution is 5.48. The van der Waals surface area contributed by atoms with Gasteiger partial charge in [0, 0.05) is 0 Å². The van der Waals surface area contributed by atoms with Gasteiger partial charge in [-0.2, -0.15) is 0 Å². The summed E-state index contributed by atoms with van der Waals surface area (Å²) in [5, 5.41) is 19.9. The van der Waals surface area contributed by atoms with Crippen LogP contribution in [0.1, 0.15) is 17.2 Å². The van der Waals surface area contributed by atoms with E-state index in [1.165, 1.54) is 0 Å². The van der Waals surface area contributed by atoms with E-state index in [4.69, 9.17) is 4.74 Å². The maximum atomic E-state index is 10.6. The molecule has 0 radical (unpaired) electrons. The van der Waals surface area contributed by atoms with Gasteiger partial charge in [0.2, 0.25) is 0 Å². The number of hydrogen-bond donors (Lipinski definition) is 1. The minimum atomic E-state index is -1.15. The molecular formula is C18H19NO5. The Labute approximate surface area is 140 Å². The maximum absolute atomic E-state index is 10.6. The second-order valence-corrected chi connectivity index (χ2v) is 5.08. The summed E-state index contributed by atoms with van der Waals surface area (Å²) in [4.78, 5) is 15.2. The molecule has 0 heterocycles. The van der Waals surface area contributed by atoms with Crippen LogP contribution >= 0.6 is 0 Å². The number of benzene rings is 2. The Balaban J connectivity index is 1.85. The second-order valence-electron chi connectivity index (χ2n) is 5.08. The molecule has 0 aliphatic rings. The molecule has 1 N–H and O–H groups in total. The summed E-state index contributed by atoms with van der Waals surface area (Å²) in [7, 11) is 0. The summed E-state index contributed by atoms with van der Waals surface area (Å²) in [6, 6.07) is 18.3. The standard InChI is InChI=1S/C18H19NO5/c20-17(14-23-13-7-10-15-8-3-1-4-9-15)18(24-19(21)22)16-11-5-2-6-12-16/h1-12,17-18,20H,13-14H2/b10-7+/t17-,18+/m0/s1. The molecule has 0 aliphatic heterocycles. The third-order valence-electron chi connectivity index (χ3n) is 3.29. The first-order valence-corrected chi connectivity index (χ1v) is 7.50. The predicted molar refractivity (Wildman–Crippen MR) is 89.6 cm³/mol. The summed E-state index contributed by atoms with van der Waals surface area (Å²) < 4.78 is 5.36. The average molecular weight is 329 g/mol. The molecule has 0 aromatic heterocycles. The lowest BCUT2D eigenvalue weighted by atomic mass is 10.1. The number of nitrogens with zero attached hydrogens (tertiary/aromatic N) is 1. The molecule has 2 aromatic rings. The van der Waals surface area contributed by atoms with Crippen LogP contribution in [0.25, 0.3) is 6.08 Å². The minimum absolute atomic E-state index is 0.0769. The van der Waals surface area contributed by atoms with Crippen molar-refractivity contribution in [1.29, 1.82) is 0 Å². The summed E-state index contributed by atoms with van der Waals surface area (Å²) in [5.74, 6) is 0. The molecule has 0 saturated heterocycles. The van der Waals surface area contributed by atoms with E-state index in [2.05, 4.69) is 4.84 Å². The molecule has 2 rings (SSSR count). The van der Waals surface area contributed by atoms with E-state index in [9.17, 15) is 15.2 Å². The van der Waals surface area contributed by atoms with E-state index in [0.29, 0.717) is 5.56 Å². The topological polar surface area (TPSA) is 81.8 Å². The van der Waals surface area contributed by atoms with Crippen LogP contribution in [0.5, 0.6) is 0 Å². The Morgan fingerprint density at radius 3 is 2.33 bits per heavy atom. The van der Waals surface area contributed by atoms with Crippen molar-refractivity contribution in [2.75, 3.05) is 13.2 Å².